The molecule has 1 aromatic heterocycles. The molecule has 1 heterocycles. The zero-order chi connectivity index (χ0) is 10.9. The van der Waals surface area contributed by atoms with Crippen molar-refractivity contribution in [2.24, 2.45) is 5.92 Å². The van der Waals surface area contributed by atoms with Crippen LogP contribution in [0.3, 0.4) is 0 Å². The van der Waals surface area contributed by atoms with Crippen LogP contribution in [0.15, 0.2) is 9.98 Å². The molecule has 4 heteroatoms. The molecular weight excluding hydrogens is 274 g/mol. The molecule has 0 aromatic carbocycles. The van der Waals surface area contributed by atoms with Gasteiger partial charge in [0.15, 0.2) is 0 Å². The van der Waals surface area contributed by atoms with Crippen LogP contribution in [0.1, 0.15) is 44.0 Å². The molecule has 1 saturated carbocycles. The first-order valence-electron chi connectivity index (χ1n) is 5.50. The second-order valence-electron chi connectivity index (χ2n) is 4.25. The van der Waals surface area contributed by atoms with Gasteiger partial charge in [0.2, 0.25) is 0 Å². The van der Waals surface area contributed by atoms with Gasteiger partial charge >= 0.3 is 0 Å². The summed E-state index contributed by atoms with van der Waals surface area (Å²) in [6.07, 6.45) is 5.39. The molecule has 1 aliphatic carbocycles. The van der Waals surface area contributed by atoms with Crippen molar-refractivity contribution in [3.63, 3.8) is 0 Å². The van der Waals surface area contributed by atoms with Crippen molar-refractivity contribution in [3.8, 4) is 0 Å². The largest absolute Gasteiger partial charge is 0.382 e. The zero-order valence-corrected chi connectivity index (χ0v) is 11.3. The smallest absolute Gasteiger partial charge is 0.126 e. The number of aliphatic hydroxyl groups is 1. The van der Waals surface area contributed by atoms with Gasteiger partial charge in [0, 0.05) is 5.38 Å². The predicted octanol–water partition coefficient (Wildman–Crippen LogP) is 3.69. The van der Waals surface area contributed by atoms with Crippen molar-refractivity contribution in [2.45, 2.75) is 44.6 Å². The normalized spacial score (nSPS) is 31.8. The van der Waals surface area contributed by atoms with Gasteiger partial charge in [-0.25, -0.2) is 4.98 Å². The lowest BCUT2D eigenvalue weighted by Gasteiger charge is -2.38. The van der Waals surface area contributed by atoms with E-state index in [2.05, 4.69) is 27.8 Å². The molecular formula is C11H16BrNOS. The lowest BCUT2D eigenvalue weighted by molar-refractivity contribution is -0.0559. The van der Waals surface area contributed by atoms with E-state index in [0.29, 0.717) is 5.92 Å². The van der Waals surface area contributed by atoms with Crippen molar-refractivity contribution >= 4 is 27.3 Å². The standard InChI is InChI=1S/C11H16BrNOS/c1-2-8-5-3-4-6-11(8,14)10-13-9(12)7-15-10/h7-8,14H,2-6H2,1H3. The maximum atomic E-state index is 10.7. The molecule has 2 unspecified atom stereocenters. The fraction of sp³-hybridized carbons (Fsp3) is 0.727. The minimum absolute atomic E-state index is 0.379. The van der Waals surface area contributed by atoms with Crippen LogP contribution in [0.25, 0.3) is 0 Å². The van der Waals surface area contributed by atoms with Gasteiger partial charge in [0.05, 0.1) is 0 Å². The molecule has 1 fully saturated rings. The first kappa shape index (κ1) is 11.6. The van der Waals surface area contributed by atoms with Crippen LogP contribution in [0.2, 0.25) is 0 Å². The molecule has 1 aromatic rings. The minimum atomic E-state index is -0.663. The Hall–Kier alpha value is 0.0700. The van der Waals surface area contributed by atoms with E-state index >= 15 is 0 Å². The van der Waals surface area contributed by atoms with Gasteiger partial charge in [-0.15, -0.1) is 11.3 Å². The van der Waals surface area contributed by atoms with Crippen LogP contribution in [-0.2, 0) is 5.60 Å². The number of thiazole rings is 1. The number of halogens is 1. The molecule has 0 spiro atoms. The number of rotatable bonds is 2. The Bertz CT molecular complexity index is 341. The van der Waals surface area contributed by atoms with Crippen molar-refractivity contribution in [1.82, 2.24) is 4.98 Å². The molecule has 2 atom stereocenters. The van der Waals surface area contributed by atoms with Gasteiger partial charge in [-0.2, -0.15) is 0 Å². The van der Waals surface area contributed by atoms with E-state index in [1.54, 1.807) is 11.3 Å². The van der Waals surface area contributed by atoms with Crippen LogP contribution in [0.5, 0.6) is 0 Å². The summed E-state index contributed by atoms with van der Waals surface area (Å²) in [6.45, 7) is 2.16. The highest BCUT2D eigenvalue weighted by atomic mass is 79.9. The first-order valence-corrected chi connectivity index (χ1v) is 7.18. The number of hydrogen-bond acceptors (Lipinski definition) is 3. The highest BCUT2D eigenvalue weighted by Gasteiger charge is 2.41. The van der Waals surface area contributed by atoms with E-state index in [-0.39, 0.29) is 0 Å². The third-order valence-corrected chi connectivity index (χ3v) is 5.09. The SMILES string of the molecule is CCC1CCCCC1(O)c1nc(Br)cs1. The van der Waals surface area contributed by atoms with Crippen LogP contribution in [0, 0.1) is 5.92 Å². The lowest BCUT2D eigenvalue weighted by atomic mass is 9.74. The highest BCUT2D eigenvalue weighted by molar-refractivity contribution is 9.10. The predicted molar refractivity (Wildman–Crippen MR) is 66.0 cm³/mol. The first-order chi connectivity index (χ1) is 7.16. The molecule has 1 N–H and O–H groups in total. The minimum Gasteiger partial charge on any atom is -0.382 e. The van der Waals surface area contributed by atoms with Crippen molar-refractivity contribution in [1.29, 1.82) is 0 Å². The number of nitrogens with zero attached hydrogens (tertiary/aromatic N) is 1. The van der Waals surface area contributed by atoms with Gasteiger partial charge in [-0.1, -0.05) is 26.2 Å². The Kier molecular flexibility index (Phi) is 3.48. The number of hydrogen-bond donors (Lipinski definition) is 1. The average molecular weight is 290 g/mol. The van der Waals surface area contributed by atoms with Crippen molar-refractivity contribution in [3.05, 3.63) is 15.0 Å². The Morgan fingerprint density at radius 2 is 2.47 bits per heavy atom. The Morgan fingerprint density at radius 3 is 3.07 bits per heavy atom. The maximum Gasteiger partial charge on any atom is 0.126 e. The summed E-state index contributed by atoms with van der Waals surface area (Å²) in [5, 5.41) is 13.6. The van der Waals surface area contributed by atoms with Crippen LogP contribution < -0.4 is 0 Å². The lowest BCUT2D eigenvalue weighted by Crippen LogP contribution is -2.37. The van der Waals surface area contributed by atoms with E-state index in [4.69, 9.17) is 0 Å². The van der Waals surface area contributed by atoms with Gasteiger partial charge < -0.3 is 5.11 Å². The second-order valence-corrected chi connectivity index (χ2v) is 5.92. The number of aromatic nitrogens is 1. The van der Waals surface area contributed by atoms with E-state index < -0.39 is 5.60 Å². The molecule has 84 valence electrons. The molecule has 1 aliphatic rings. The summed E-state index contributed by atoms with van der Waals surface area (Å²) in [5.41, 5.74) is -0.663. The fourth-order valence-corrected chi connectivity index (χ4v) is 3.97. The van der Waals surface area contributed by atoms with Gasteiger partial charge in [-0.3, -0.25) is 0 Å². The summed E-state index contributed by atoms with van der Waals surface area (Å²) < 4.78 is 0.844. The van der Waals surface area contributed by atoms with Gasteiger partial charge in [-0.05, 0) is 34.7 Å². The Labute approximate surface area is 103 Å². The molecule has 0 saturated heterocycles. The summed E-state index contributed by atoms with van der Waals surface area (Å²) in [4.78, 5) is 4.39. The highest BCUT2D eigenvalue weighted by Crippen LogP contribution is 2.44. The monoisotopic (exact) mass is 289 g/mol. The summed E-state index contributed by atoms with van der Waals surface area (Å²) in [6, 6.07) is 0. The van der Waals surface area contributed by atoms with Crippen LogP contribution in [0.4, 0.5) is 0 Å². The van der Waals surface area contributed by atoms with Crippen LogP contribution in [-0.4, -0.2) is 10.1 Å². The third kappa shape index (κ3) is 2.12. The van der Waals surface area contributed by atoms with Crippen molar-refractivity contribution in [2.75, 3.05) is 0 Å². The van der Waals surface area contributed by atoms with E-state index in [9.17, 15) is 5.11 Å². The fourth-order valence-electron chi connectivity index (χ4n) is 2.50. The van der Waals surface area contributed by atoms with Gasteiger partial charge in [0.25, 0.3) is 0 Å². The third-order valence-electron chi connectivity index (χ3n) is 3.38. The Morgan fingerprint density at radius 1 is 1.67 bits per heavy atom. The van der Waals surface area contributed by atoms with E-state index in [1.165, 1.54) is 6.42 Å². The summed E-state index contributed by atoms with van der Waals surface area (Å²) >= 11 is 4.92. The second kappa shape index (κ2) is 4.52. The Balaban J connectivity index is 2.29. The molecule has 0 bridgehead atoms. The molecule has 0 radical (unpaired) electrons. The quantitative estimate of drug-likeness (QED) is 0.901. The maximum absolute atomic E-state index is 10.7. The van der Waals surface area contributed by atoms with Crippen LogP contribution >= 0.6 is 27.3 Å². The van der Waals surface area contributed by atoms with Gasteiger partial charge in [0.1, 0.15) is 15.2 Å². The topological polar surface area (TPSA) is 33.1 Å². The summed E-state index contributed by atoms with van der Waals surface area (Å²) in [5.74, 6) is 0.379. The average Bonchev–Trinajstić information content (AvgIpc) is 2.66. The molecule has 0 aliphatic heterocycles. The van der Waals surface area contributed by atoms with E-state index in [0.717, 1.165) is 35.3 Å². The summed E-state index contributed by atoms with van der Waals surface area (Å²) in [7, 11) is 0. The molecule has 15 heavy (non-hydrogen) atoms. The molecule has 2 nitrogen and oxygen atoms in total. The van der Waals surface area contributed by atoms with Crippen molar-refractivity contribution < 1.29 is 5.11 Å². The molecule has 2 rings (SSSR count). The molecule has 0 amide bonds. The van der Waals surface area contributed by atoms with E-state index in [1.807, 2.05) is 5.38 Å². The zero-order valence-electron chi connectivity index (χ0n) is 8.87.